The van der Waals surface area contributed by atoms with Crippen molar-refractivity contribution in [2.45, 2.75) is 6.42 Å². The largest absolute Gasteiger partial charge is 0.478 e. The third-order valence-electron chi connectivity index (χ3n) is 1.66. The quantitative estimate of drug-likeness (QED) is 0.582. The molecule has 0 unspecified atom stereocenters. The number of hydrogen-bond donors (Lipinski definition) is 1. The normalized spacial score (nSPS) is 10.3. The summed E-state index contributed by atoms with van der Waals surface area (Å²) in [7, 11) is 0. The predicted molar refractivity (Wildman–Crippen MR) is 52.2 cm³/mol. The molecule has 0 heterocycles. The minimum absolute atomic E-state index is 0.0805. The standard InChI is InChI=1S/C11H10O3/c12-10(7-4-8-11(13)14)9-5-2-1-3-6-9/h1-6,8H,7H2,(H,13,14)/b8-4+. The van der Waals surface area contributed by atoms with Gasteiger partial charge >= 0.3 is 5.97 Å². The molecule has 0 aliphatic carbocycles. The number of ketones is 1. The van der Waals surface area contributed by atoms with Crippen molar-refractivity contribution < 1.29 is 14.7 Å². The number of Topliss-reactive ketones (excluding diaryl/α,β-unsaturated/α-hetero) is 1. The van der Waals surface area contributed by atoms with Crippen molar-refractivity contribution in [2.75, 3.05) is 0 Å². The number of carboxylic acids is 1. The van der Waals surface area contributed by atoms with Crippen molar-refractivity contribution in [3.05, 3.63) is 48.0 Å². The molecule has 1 aromatic carbocycles. The van der Waals surface area contributed by atoms with Crippen LogP contribution in [0.1, 0.15) is 16.8 Å². The second kappa shape index (κ2) is 4.97. The number of carbonyl (C=O) groups excluding carboxylic acids is 1. The van der Waals surface area contributed by atoms with Gasteiger partial charge in [0.25, 0.3) is 0 Å². The topological polar surface area (TPSA) is 54.4 Å². The van der Waals surface area contributed by atoms with Crippen LogP contribution in [0.15, 0.2) is 42.5 Å². The molecule has 3 nitrogen and oxygen atoms in total. The first-order valence-electron chi connectivity index (χ1n) is 4.18. The van der Waals surface area contributed by atoms with Crippen molar-refractivity contribution in [1.82, 2.24) is 0 Å². The maximum Gasteiger partial charge on any atom is 0.327 e. The maximum absolute atomic E-state index is 11.4. The summed E-state index contributed by atoms with van der Waals surface area (Å²) in [5.41, 5.74) is 0.600. The van der Waals surface area contributed by atoms with Crippen molar-refractivity contribution in [2.24, 2.45) is 0 Å². The number of hydrogen-bond acceptors (Lipinski definition) is 2. The molecule has 0 spiro atoms. The van der Waals surface area contributed by atoms with E-state index in [9.17, 15) is 9.59 Å². The molecule has 1 rings (SSSR count). The second-order valence-electron chi connectivity index (χ2n) is 2.73. The van der Waals surface area contributed by atoms with E-state index in [0.717, 1.165) is 6.08 Å². The van der Waals surface area contributed by atoms with E-state index in [1.165, 1.54) is 6.08 Å². The van der Waals surface area contributed by atoms with E-state index in [1.54, 1.807) is 24.3 Å². The van der Waals surface area contributed by atoms with Gasteiger partial charge in [-0.3, -0.25) is 4.79 Å². The first-order chi connectivity index (χ1) is 6.70. The van der Waals surface area contributed by atoms with Crippen LogP contribution in [0.5, 0.6) is 0 Å². The Bertz CT molecular complexity index is 352. The van der Waals surface area contributed by atoms with E-state index in [4.69, 9.17) is 5.11 Å². The summed E-state index contributed by atoms with van der Waals surface area (Å²) < 4.78 is 0. The van der Waals surface area contributed by atoms with Gasteiger partial charge in [0.05, 0.1) is 0 Å². The zero-order valence-corrected chi connectivity index (χ0v) is 7.51. The molecule has 0 aliphatic rings. The zero-order valence-electron chi connectivity index (χ0n) is 7.51. The second-order valence-corrected chi connectivity index (χ2v) is 2.73. The Labute approximate surface area is 81.7 Å². The lowest BCUT2D eigenvalue weighted by atomic mass is 10.1. The molecule has 0 fully saturated rings. The molecule has 72 valence electrons. The van der Waals surface area contributed by atoms with Gasteiger partial charge in [-0.25, -0.2) is 4.79 Å². The third-order valence-corrected chi connectivity index (χ3v) is 1.66. The van der Waals surface area contributed by atoms with Crippen LogP contribution in [0.2, 0.25) is 0 Å². The van der Waals surface area contributed by atoms with Crippen LogP contribution in [0.3, 0.4) is 0 Å². The maximum atomic E-state index is 11.4. The molecule has 14 heavy (non-hydrogen) atoms. The Hall–Kier alpha value is -1.90. The van der Waals surface area contributed by atoms with Gasteiger partial charge in [-0.2, -0.15) is 0 Å². The Morgan fingerprint density at radius 1 is 1.21 bits per heavy atom. The highest BCUT2D eigenvalue weighted by Crippen LogP contribution is 2.03. The lowest BCUT2D eigenvalue weighted by Gasteiger charge is -1.95. The highest BCUT2D eigenvalue weighted by Gasteiger charge is 2.01. The number of aliphatic carboxylic acids is 1. The van der Waals surface area contributed by atoms with E-state index < -0.39 is 5.97 Å². The summed E-state index contributed by atoms with van der Waals surface area (Å²) in [5.74, 6) is -1.12. The lowest BCUT2D eigenvalue weighted by molar-refractivity contribution is -0.131. The highest BCUT2D eigenvalue weighted by atomic mass is 16.4. The number of benzene rings is 1. The fraction of sp³-hybridized carbons (Fsp3) is 0.0909. The first kappa shape index (κ1) is 10.2. The van der Waals surface area contributed by atoms with E-state index in [0.29, 0.717) is 5.56 Å². The minimum atomic E-state index is -1.04. The summed E-state index contributed by atoms with van der Waals surface area (Å²) in [6.45, 7) is 0. The van der Waals surface area contributed by atoms with E-state index >= 15 is 0 Å². The van der Waals surface area contributed by atoms with Crippen LogP contribution in [0, 0.1) is 0 Å². The van der Waals surface area contributed by atoms with E-state index in [-0.39, 0.29) is 12.2 Å². The Morgan fingerprint density at radius 3 is 2.43 bits per heavy atom. The molecule has 0 radical (unpaired) electrons. The smallest absolute Gasteiger partial charge is 0.327 e. The first-order valence-corrected chi connectivity index (χ1v) is 4.18. The van der Waals surface area contributed by atoms with Crippen molar-refractivity contribution in [1.29, 1.82) is 0 Å². The van der Waals surface area contributed by atoms with Crippen LogP contribution in [-0.2, 0) is 4.79 Å². The van der Waals surface area contributed by atoms with Gasteiger partial charge < -0.3 is 5.11 Å². The predicted octanol–water partition coefficient (Wildman–Crippen LogP) is 1.90. The molecular formula is C11H10O3. The van der Waals surface area contributed by atoms with Gasteiger partial charge in [-0.05, 0) is 0 Å². The molecule has 3 heteroatoms. The summed E-state index contributed by atoms with van der Waals surface area (Å²) in [5, 5.41) is 8.30. The van der Waals surface area contributed by atoms with Crippen molar-refractivity contribution >= 4 is 11.8 Å². The minimum Gasteiger partial charge on any atom is -0.478 e. The molecule has 0 atom stereocenters. The van der Waals surface area contributed by atoms with E-state index in [1.807, 2.05) is 6.07 Å². The molecule has 0 saturated carbocycles. The van der Waals surface area contributed by atoms with Gasteiger partial charge in [0, 0.05) is 18.1 Å². The molecule has 0 bridgehead atoms. The fourth-order valence-electron chi connectivity index (χ4n) is 1.01. The average molecular weight is 190 g/mol. The summed E-state index contributed by atoms with van der Waals surface area (Å²) in [6, 6.07) is 8.78. The molecule has 1 N–H and O–H groups in total. The van der Waals surface area contributed by atoms with Crippen LogP contribution < -0.4 is 0 Å². The molecule has 0 saturated heterocycles. The van der Waals surface area contributed by atoms with Gasteiger partial charge in [0.1, 0.15) is 0 Å². The Morgan fingerprint density at radius 2 is 1.86 bits per heavy atom. The van der Waals surface area contributed by atoms with Crippen LogP contribution >= 0.6 is 0 Å². The number of rotatable bonds is 4. The van der Waals surface area contributed by atoms with Crippen LogP contribution in [0.25, 0.3) is 0 Å². The van der Waals surface area contributed by atoms with Crippen molar-refractivity contribution in [3.63, 3.8) is 0 Å². The van der Waals surface area contributed by atoms with Gasteiger partial charge in [-0.1, -0.05) is 36.4 Å². The van der Waals surface area contributed by atoms with Gasteiger partial charge in [-0.15, -0.1) is 0 Å². The Kier molecular flexibility index (Phi) is 3.61. The van der Waals surface area contributed by atoms with Gasteiger partial charge in [0.15, 0.2) is 5.78 Å². The summed E-state index contributed by atoms with van der Waals surface area (Å²) >= 11 is 0. The third kappa shape index (κ3) is 3.23. The molecular weight excluding hydrogens is 180 g/mol. The molecule has 1 aromatic rings. The molecule has 0 aliphatic heterocycles. The summed E-state index contributed by atoms with van der Waals surface area (Å²) in [6.07, 6.45) is 2.44. The fourth-order valence-corrected chi connectivity index (χ4v) is 1.01. The molecule has 0 aromatic heterocycles. The molecule has 0 amide bonds. The highest BCUT2D eigenvalue weighted by molar-refractivity contribution is 5.97. The average Bonchev–Trinajstić information content (AvgIpc) is 2.18. The lowest BCUT2D eigenvalue weighted by Crippen LogP contribution is -1.96. The number of carboxylic acid groups (broad SMARTS) is 1. The van der Waals surface area contributed by atoms with Gasteiger partial charge in [0.2, 0.25) is 0 Å². The van der Waals surface area contributed by atoms with Crippen LogP contribution in [0.4, 0.5) is 0 Å². The zero-order chi connectivity index (χ0) is 10.4. The van der Waals surface area contributed by atoms with Crippen LogP contribution in [-0.4, -0.2) is 16.9 Å². The summed E-state index contributed by atoms with van der Waals surface area (Å²) in [4.78, 5) is 21.5. The monoisotopic (exact) mass is 190 g/mol. The number of allylic oxidation sites excluding steroid dienone is 1. The Balaban J connectivity index is 2.56. The number of carbonyl (C=O) groups is 2. The van der Waals surface area contributed by atoms with E-state index in [2.05, 4.69) is 0 Å². The van der Waals surface area contributed by atoms with Crippen molar-refractivity contribution in [3.8, 4) is 0 Å². The SMILES string of the molecule is O=C(O)/C=C/CC(=O)c1ccccc1.